The fourth-order valence-electron chi connectivity index (χ4n) is 3.33. The normalized spacial score (nSPS) is 18.9. The number of nitrogens with one attached hydrogen (secondary N) is 1. The van der Waals surface area contributed by atoms with Crippen molar-refractivity contribution in [3.8, 4) is 0 Å². The molecule has 1 heterocycles. The Labute approximate surface area is 157 Å². The van der Waals surface area contributed by atoms with Crippen LogP contribution in [-0.4, -0.2) is 54.8 Å². The number of rotatable bonds is 10. The Hall–Kier alpha value is -1.43. The highest BCUT2D eigenvalue weighted by Crippen LogP contribution is 2.19. The molecular weight excluding hydrogens is 328 g/mol. The van der Waals surface area contributed by atoms with Crippen molar-refractivity contribution in [2.45, 2.75) is 51.7 Å². The third-order valence-corrected chi connectivity index (χ3v) is 5.10. The standard InChI is InChI=1S/C21H34N2O3/c1-3-4-6-9-17(2)21(25)22-19(16-23-12-14-26-15-13-23)20(24)18-10-7-5-8-11-18/h5,7-8,10-11,17,19-20,24H,3-4,6,9,12-16H2,1-2H3,(H,22,25)/t17?,19-,20+/m0/s1. The second kappa shape index (κ2) is 11.3. The molecule has 0 bridgehead atoms. The smallest absolute Gasteiger partial charge is 0.223 e. The molecule has 3 atom stereocenters. The zero-order chi connectivity index (χ0) is 18.8. The minimum atomic E-state index is -0.717. The molecule has 2 N–H and O–H groups in total. The average Bonchev–Trinajstić information content (AvgIpc) is 2.68. The number of unbranched alkanes of at least 4 members (excludes halogenated alkanes) is 2. The number of benzene rings is 1. The van der Waals surface area contributed by atoms with E-state index in [0.717, 1.165) is 44.3 Å². The summed E-state index contributed by atoms with van der Waals surface area (Å²) < 4.78 is 5.41. The van der Waals surface area contributed by atoms with E-state index in [1.165, 1.54) is 0 Å². The second-order valence-corrected chi connectivity index (χ2v) is 7.28. The van der Waals surface area contributed by atoms with Gasteiger partial charge in [-0.2, -0.15) is 0 Å². The number of morpholine rings is 1. The Morgan fingerprint density at radius 2 is 1.92 bits per heavy atom. The molecule has 0 radical (unpaired) electrons. The van der Waals surface area contributed by atoms with Crippen molar-refractivity contribution in [2.75, 3.05) is 32.8 Å². The molecule has 0 aliphatic carbocycles. The lowest BCUT2D eigenvalue weighted by Crippen LogP contribution is -2.50. The number of hydrogen-bond acceptors (Lipinski definition) is 4. The van der Waals surface area contributed by atoms with Crippen LogP contribution >= 0.6 is 0 Å². The monoisotopic (exact) mass is 362 g/mol. The van der Waals surface area contributed by atoms with Crippen molar-refractivity contribution in [3.05, 3.63) is 35.9 Å². The number of nitrogens with zero attached hydrogens (tertiary/aromatic N) is 1. The van der Waals surface area contributed by atoms with Gasteiger partial charge in [-0.05, 0) is 12.0 Å². The summed E-state index contributed by atoms with van der Waals surface area (Å²) in [6, 6.07) is 9.26. The zero-order valence-electron chi connectivity index (χ0n) is 16.2. The SMILES string of the molecule is CCCCCC(C)C(=O)N[C@@H](CN1CCOCC1)[C@H](O)c1ccccc1. The first kappa shape index (κ1) is 20.9. The van der Waals surface area contributed by atoms with E-state index in [-0.39, 0.29) is 17.9 Å². The highest BCUT2D eigenvalue weighted by molar-refractivity contribution is 5.78. The number of hydrogen-bond donors (Lipinski definition) is 2. The molecule has 1 aliphatic heterocycles. The molecule has 1 aliphatic rings. The molecule has 0 aromatic heterocycles. The highest BCUT2D eigenvalue weighted by atomic mass is 16.5. The van der Waals surface area contributed by atoms with Crippen LogP contribution in [0.5, 0.6) is 0 Å². The fraction of sp³-hybridized carbons (Fsp3) is 0.667. The van der Waals surface area contributed by atoms with Gasteiger partial charge in [0.05, 0.1) is 19.3 Å². The summed E-state index contributed by atoms with van der Waals surface area (Å²) in [5, 5.41) is 14.0. The quantitative estimate of drug-likeness (QED) is 0.628. The van der Waals surface area contributed by atoms with Crippen LogP contribution in [0.3, 0.4) is 0 Å². The van der Waals surface area contributed by atoms with Gasteiger partial charge in [0.1, 0.15) is 6.10 Å². The molecule has 26 heavy (non-hydrogen) atoms. The summed E-state index contributed by atoms with van der Waals surface area (Å²) in [6.07, 6.45) is 3.56. The Morgan fingerprint density at radius 1 is 1.23 bits per heavy atom. The molecule has 0 saturated carbocycles. The summed E-state index contributed by atoms with van der Waals surface area (Å²) in [5.41, 5.74) is 0.838. The molecule has 1 saturated heterocycles. The van der Waals surface area contributed by atoms with Crippen LogP contribution < -0.4 is 5.32 Å². The van der Waals surface area contributed by atoms with Gasteiger partial charge in [0, 0.05) is 25.6 Å². The van der Waals surface area contributed by atoms with Gasteiger partial charge in [-0.15, -0.1) is 0 Å². The van der Waals surface area contributed by atoms with Crippen molar-refractivity contribution in [1.82, 2.24) is 10.2 Å². The lowest BCUT2D eigenvalue weighted by Gasteiger charge is -2.33. The molecule has 2 rings (SSSR count). The van der Waals surface area contributed by atoms with Gasteiger partial charge in [0.25, 0.3) is 0 Å². The molecule has 5 nitrogen and oxygen atoms in total. The van der Waals surface area contributed by atoms with Gasteiger partial charge in [-0.3, -0.25) is 9.69 Å². The number of amides is 1. The number of carbonyl (C=O) groups excluding carboxylic acids is 1. The van der Waals surface area contributed by atoms with Crippen molar-refractivity contribution < 1.29 is 14.6 Å². The minimum Gasteiger partial charge on any atom is -0.386 e. The zero-order valence-corrected chi connectivity index (χ0v) is 16.2. The molecule has 1 amide bonds. The molecule has 0 spiro atoms. The molecule has 146 valence electrons. The van der Waals surface area contributed by atoms with Crippen LogP contribution in [0.2, 0.25) is 0 Å². The molecule has 1 fully saturated rings. The van der Waals surface area contributed by atoms with E-state index in [4.69, 9.17) is 4.74 Å². The Balaban J connectivity index is 2.00. The van der Waals surface area contributed by atoms with Crippen molar-refractivity contribution in [3.63, 3.8) is 0 Å². The predicted molar refractivity (Wildman–Crippen MR) is 104 cm³/mol. The first-order valence-corrected chi connectivity index (χ1v) is 9.95. The van der Waals surface area contributed by atoms with E-state index in [0.29, 0.717) is 19.8 Å². The van der Waals surface area contributed by atoms with E-state index >= 15 is 0 Å². The van der Waals surface area contributed by atoms with E-state index in [2.05, 4.69) is 17.1 Å². The summed E-state index contributed by atoms with van der Waals surface area (Å²) in [7, 11) is 0. The predicted octanol–water partition coefficient (Wildman–Crippen LogP) is 2.75. The summed E-state index contributed by atoms with van der Waals surface area (Å²) in [6.45, 7) is 7.85. The molecular formula is C21H34N2O3. The molecule has 5 heteroatoms. The van der Waals surface area contributed by atoms with Crippen LogP contribution in [0, 0.1) is 5.92 Å². The topological polar surface area (TPSA) is 61.8 Å². The van der Waals surface area contributed by atoms with Crippen molar-refractivity contribution >= 4 is 5.91 Å². The number of carbonyl (C=O) groups is 1. The third kappa shape index (κ3) is 6.71. The number of aliphatic hydroxyl groups excluding tert-OH is 1. The van der Waals surface area contributed by atoms with Gasteiger partial charge < -0.3 is 15.2 Å². The fourth-order valence-corrected chi connectivity index (χ4v) is 3.33. The second-order valence-electron chi connectivity index (χ2n) is 7.28. The minimum absolute atomic E-state index is 0.0308. The molecule has 1 unspecified atom stereocenters. The van der Waals surface area contributed by atoms with Gasteiger partial charge in [0.2, 0.25) is 5.91 Å². The maximum Gasteiger partial charge on any atom is 0.223 e. The van der Waals surface area contributed by atoms with E-state index in [1.807, 2.05) is 37.3 Å². The molecule has 1 aromatic rings. The average molecular weight is 363 g/mol. The Morgan fingerprint density at radius 3 is 2.58 bits per heavy atom. The molecule has 1 aromatic carbocycles. The number of ether oxygens (including phenoxy) is 1. The van der Waals surface area contributed by atoms with Crippen molar-refractivity contribution in [1.29, 1.82) is 0 Å². The highest BCUT2D eigenvalue weighted by Gasteiger charge is 2.27. The van der Waals surface area contributed by atoms with E-state index in [9.17, 15) is 9.90 Å². The summed E-state index contributed by atoms with van der Waals surface area (Å²) >= 11 is 0. The maximum atomic E-state index is 12.7. The van der Waals surface area contributed by atoms with Crippen LogP contribution in [0.4, 0.5) is 0 Å². The maximum absolute atomic E-state index is 12.7. The summed E-state index contributed by atoms with van der Waals surface area (Å²) in [4.78, 5) is 14.9. The Bertz CT molecular complexity index is 517. The lowest BCUT2D eigenvalue weighted by molar-refractivity contribution is -0.126. The van der Waals surface area contributed by atoms with Crippen LogP contribution in [-0.2, 0) is 9.53 Å². The van der Waals surface area contributed by atoms with Gasteiger partial charge in [0.15, 0.2) is 0 Å². The number of aliphatic hydroxyl groups is 1. The largest absolute Gasteiger partial charge is 0.386 e. The lowest BCUT2D eigenvalue weighted by atomic mass is 9.98. The third-order valence-electron chi connectivity index (χ3n) is 5.10. The summed E-state index contributed by atoms with van der Waals surface area (Å²) in [5.74, 6) is 0.00561. The first-order chi connectivity index (χ1) is 12.6. The van der Waals surface area contributed by atoms with E-state index < -0.39 is 6.10 Å². The van der Waals surface area contributed by atoms with E-state index in [1.54, 1.807) is 0 Å². The van der Waals surface area contributed by atoms with Crippen LogP contribution in [0.15, 0.2) is 30.3 Å². The van der Waals surface area contributed by atoms with Gasteiger partial charge in [-0.1, -0.05) is 63.4 Å². The van der Waals surface area contributed by atoms with Gasteiger partial charge in [-0.25, -0.2) is 0 Å². The van der Waals surface area contributed by atoms with Crippen LogP contribution in [0.25, 0.3) is 0 Å². The van der Waals surface area contributed by atoms with Crippen LogP contribution in [0.1, 0.15) is 51.2 Å². The first-order valence-electron chi connectivity index (χ1n) is 9.95. The van der Waals surface area contributed by atoms with Gasteiger partial charge >= 0.3 is 0 Å². The Kier molecular flexibility index (Phi) is 9.09. The van der Waals surface area contributed by atoms with Crippen molar-refractivity contribution in [2.24, 2.45) is 5.92 Å².